The molecule has 1 unspecified atom stereocenters. The van der Waals surface area contributed by atoms with Crippen LogP contribution >= 0.6 is 11.5 Å². The van der Waals surface area contributed by atoms with Gasteiger partial charge in [-0.15, -0.1) is 0 Å². The van der Waals surface area contributed by atoms with Gasteiger partial charge in [0.2, 0.25) is 0 Å². The molecule has 2 aromatic heterocycles. The van der Waals surface area contributed by atoms with E-state index in [0.717, 1.165) is 33.9 Å². The van der Waals surface area contributed by atoms with Crippen LogP contribution in [0, 0.1) is 6.92 Å². The maximum absolute atomic E-state index is 11.3. The predicted molar refractivity (Wildman–Crippen MR) is 137 cm³/mol. The normalized spacial score (nSPS) is 14.6. The molecule has 3 N–H and O–H groups in total. The molecule has 0 saturated heterocycles. The van der Waals surface area contributed by atoms with Crippen LogP contribution in [0.3, 0.4) is 0 Å². The highest BCUT2D eigenvalue weighted by Gasteiger charge is 2.31. The van der Waals surface area contributed by atoms with E-state index < -0.39 is 18.1 Å². The van der Waals surface area contributed by atoms with Crippen LogP contribution in [0.15, 0.2) is 47.6 Å². The van der Waals surface area contributed by atoms with Crippen molar-refractivity contribution in [1.29, 1.82) is 0 Å². The first kappa shape index (κ1) is 23.6. The second-order valence-corrected chi connectivity index (χ2v) is 9.19. The number of rotatable bonds is 7. The first-order valence-corrected chi connectivity index (χ1v) is 11.9. The molecule has 1 aliphatic heterocycles. The summed E-state index contributed by atoms with van der Waals surface area (Å²) >= 11 is 1.17. The Morgan fingerprint density at radius 2 is 2.06 bits per heavy atom. The fourth-order valence-electron chi connectivity index (χ4n) is 3.68. The summed E-state index contributed by atoms with van der Waals surface area (Å²) in [7, 11) is 0. The lowest BCUT2D eigenvalue weighted by atomic mass is 9.98. The summed E-state index contributed by atoms with van der Waals surface area (Å²) in [6.07, 6.45) is 2.79. The van der Waals surface area contributed by atoms with Crippen LogP contribution in [0.1, 0.15) is 18.2 Å². The Hall–Kier alpha value is -4.09. The highest BCUT2D eigenvalue weighted by atomic mass is 32.1. The van der Waals surface area contributed by atoms with Crippen molar-refractivity contribution in [2.45, 2.75) is 19.4 Å². The number of hydrogen-bond donors (Lipinski definition) is 3. The lowest BCUT2D eigenvalue weighted by molar-refractivity contribution is -0.143. The summed E-state index contributed by atoms with van der Waals surface area (Å²) in [4.78, 5) is 24.8. The third-order valence-corrected chi connectivity index (χ3v) is 6.63. The number of carbonyl (C=O) groups is 1. The van der Waals surface area contributed by atoms with Crippen LogP contribution in [0.25, 0.3) is 21.5 Å². The van der Waals surface area contributed by atoms with E-state index >= 15 is 0 Å². The summed E-state index contributed by atoms with van der Waals surface area (Å²) in [5.41, 5.74) is 3.29. The molecule has 3 heterocycles. The maximum atomic E-state index is 11.3. The number of carboxylic acids is 1. The number of nitrogens with one attached hydrogen (secondary N) is 1. The second-order valence-electron chi connectivity index (χ2n) is 8.44. The average molecular weight is 506 g/mol. The van der Waals surface area contributed by atoms with Crippen LogP contribution < -0.4 is 14.8 Å². The van der Waals surface area contributed by atoms with Gasteiger partial charge in [0.1, 0.15) is 24.4 Å². The van der Waals surface area contributed by atoms with Crippen LogP contribution in [0.5, 0.6) is 11.5 Å². The molecule has 184 valence electrons. The van der Waals surface area contributed by atoms with Crippen molar-refractivity contribution in [2.24, 2.45) is 4.99 Å². The van der Waals surface area contributed by atoms with Crippen molar-refractivity contribution in [3.63, 3.8) is 0 Å². The van der Waals surface area contributed by atoms with Gasteiger partial charge in [-0.25, -0.2) is 14.8 Å². The number of benzene rings is 2. The topological polar surface area (TPSA) is 139 Å². The lowest BCUT2D eigenvalue weighted by Crippen LogP contribution is -2.37. The molecule has 0 bridgehead atoms. The Morgan fingerprint density at radius 3 is 2.83 bits per heavy atom. The Bertz CT molecular complexity index is 1490. The number of aliphatic carboxylic acids is 1. The van der Waals surface area contributed by atoms with Gasteiger partial charge in [-0.1, -0.05) is 18.2 Å². The largest absolute Gasteiger partial charge is 0.486 e. The van der Waals surface area contributed by atoms with Crippen LogP contribution in [0.2, 0.25) is 0 Å². The molecule has 0 aliphatic carbocycles. The van der Waals surface area contributed by atoms with Crippen LogP contribution in [0.4, 0.5) is 11.5 Å². The Kier molecular flexibility index (Phi) is 6.25. The van der Waals surface area contributed by atoms with Gasteiger partial charge in [-0.3, -0.25) is 4.99 Å². The number of aliphatic imine (C=N–C) groups is 1. The summed E-state index contributed by atoms with van der Waals surface area (Å²) < 4.78 is 15.8. The highest BCUT2D eigenvalue weighted by molar-refractivity contribution is 7.13. The highest BCUT2D eigenvalue weighted by Crippen LogP contribution is 2.37. The zero-order chi connectivity index (χ0) is 25.3. The maximum Gasteiger partial charge on any atom is 0.333 e. The number of carboxylic acid groups (broad SMARTS) is 1. The lowest BCUT2D eigenvalue weighted by Gasteiger charge is -2.19. The van der Waals surface area contributed by atoms with Crippen molar-refractivity contribution in [2.75, 3.05) is 25.1 Å². The molecule has 4 aromatic rings. The number of nitrogens with zero attached hydrogens (tertiary/aromatic N) is 4. The van der Waals surface area contributed by atoms with E-state index in [1.807, 2.05) is 43.3 Å². The van der Waals surface area contributed by atoms with Gasteiger partial charge < -0.3 is 25.0 Å². The molecule has 11 heteroatoms. The molecule has 0 saturated carbocycles. The number of aliphatic hydroxyl groups excluding tert-OH is 1. The molecule has 0 fully saturated rings. The summed E-state index contributed by atoms with van der Waals surface area (Å²) in [6, 6.07) is 11.9. The molecule has 5 rings (SSSR count). The number of anilines is 2. The smallest absolute Gasteiger partial charge is 0.333 e. The van der Waals surface area contributed by atoms with E-state index in [-0.39, 0.29) is 0 Å². The molecular formula is C25H23N5O5S. The number of ether oxygens (including phenoxy) is 2. The number of hydrogen-bond acceptors (Lipinski definition) is 10. The first-order chi connectivity index (χ1) is 17.4. The molecular weight excluding hydrogens is 482 g/mol. The van der Waals surface area contributed by atoms with E-state index in [1.165, 1.54) is 30.9 Å². The Labute approximate surface area is 210 Å². The molecule has 0 spiro atoms. The van der Waals surface area contributed by atoms with Crippen LogP contribution in [-0.2, 0) is 4.79 Å². The molecule has 1 aliphatic rings. The minimum atomic E-state index is -1.64. The minimum absolute atomic E-state index is 0.371. The van der Waals surface area contributed by atoms with Crippen molar-refractivity contribution in [1.82, 2.24) is 14.3 Å². The van der Waals surface area contributed by atoms with Crippen molar-refractivity contribution >= 4 is 45.6 Å². The molecule has 0 amide bonds. The standard InChI is InChI=1S/C25H23N5O5S/c1-14-17(15-6-7-19-20(10-15)35-9-8-34-19)4-3-5-18(14)29-22-21-23(36-30-22)28-16(11-26-21)12-27-25(2,13-31)24(32)33/h3-7,10-12,31H,8-9,13H2,1-2H3,(H,29,30)(H,32,33). The average Bonchev–Trinajstić information content (AvgIpc) is 3.30. The SMILES string of the molecule is Cc1c(Nc2nsc3nc(C=NC(C)(CO)C(=O)O)cnc23)cccc1-c1ccc2c(c1)OCCO2. The molecule has 1 atom stereocenters. The summed E-state index contributed by atoms with van der Waals surface area (Å²) in [6.45, 7) is 3.81. The monoisotopic (exact) mass is 505 g/mol. The molecule has 10 nitrogen and oxygen atoms in total. The third kappa shape index (κ3) is 4.45. The predicted octanol–water partition coefficient (Wildman–Crippen LogP) is 3.83. The van der Waals surface area contributed by atoms with Crippen molar-refractivity contribution < 1.29 is 24.5 Å². The van der Waals surface area contributed by atoms with Crippen molar-refractivity contribution in [3.8, 4) is 22.6 Å². The van der Waals surface area contributed by atoms with Crippen LogP contribution in [-0.4, -0.2) is 62.1 Å². The molecule has 0 radical (unpaired) electrons. The fraction of sp³-hybridized carbons (Fsp3) is 0.240. The zero-order valence-corrected chi connectivity index (χ0v) is 20.4. The Balaban J connectivity index is 1.41. The van der Waals surface area contributed by atoms with Gasteiger partial charge in [0.15, 0.2) is 27.7 Å². The van der Waals surface area contributed by atoms with Gasteiger partial charge in [0.25, 0.3) is 0 Å². The van der Waals surface area contributed by atoms with Gasteiger partial charge in [0, 0.05) is 5.69 Å². The van der Waals surface area contributed by atoms with Gasteiger partial charge in [-0.05, 0) is 60.3 Å². The number of fused-ring (bicyclic) bond motifs is 2. The van der Waals surface area contributed by atoms with Gasteiger partial charge >= 0.3 is 5.97 Å². The second kappa shape index (κ2) is 9.51. The molecule has 36 heavy (non-hydrogen) atoms. The van der Waals surface area contributed by atoms with E-state index in [9.17, 15) is 15.0 Å². The number of aliphatic hydroxyl groups is 1. The summed E-state index contributed by atoms with van der Waals surface area (Å²) in [5.74, 6) is 0.824. The summed E-state index contributed by atoms with van der Waals surface area (Å²) in [5, 5.41) is 22.0. The first-order valence-electron chi connectivity index (χ1n) is 11.2. The van der Waals surface area contributed by atoms with E-state index in [1.54, 1.807) is 0 Å². The fourth-order valence-corrected chi connectivity index (χ4v) is 4.37. The van der Waals surface area contributed by atoms with Gasteiger partial charge in [-0.2, -0.15) is 4.37 Å². The third-order valence-electron chi connectivity index (χ3n) is 5.90. The number of aromatic nitrogens is 3. The van der Waals surface area contributed by atoms with E-state index in [0.29, 0.717) is 35.1 Å². The zero-order valence-electron chi connectivity index (χ0n) is 19.6. The molecule has 2 aromatic carbocycles. The van der Waals surface area contributed by atoms with E-state index in [4.69, 9.17) is 9.47 Å². The van der Waals surface area contributed by atoms with Gasteiger partial charge in [0.05, 0.1) is 19.0 Å². The van der Waals surface area contributed by atoms with Crippen molar-refractivity contribution in [3.05, 3.63) is 53.9 Å². The van der Waals surface area contributed by atoms with E-state index in [2.05, 4.69) is 24.7 Å². The Morgan fingerprint density at radius 1 is 1.25 bits per heavy atom. The minimum Gasteiger partial charge on any atom is -0.486 e. The quantitative estimate of drug-likeness (QED) is 0.320.